The zero-order valence-corrected chi connectivity index (χ0v) is 17.9. The Labute approximate surface area is 173 Å². The zero-order chi connectivity index (χ0) is 19.6. The minimum Gasteiger partial charge on any atom is -0.192 e. The molecule has 0 amide bonds. The second kappa shape index (κ2) is 11.5. The van der Waals surface area contributed by atoms with Crippen LogP contribution in [0.5, 0.6) is 0 Å². The van der Waals surface area contributed by atoms with Crippen LogP contribution >= 0.6 is 0 Å². The first-order valence-corrected chi connectivity index (χ1v) is 12.0. The van der Waals surface area contributed by atoms with Crippen molar-refractivity contribution in [1.82, 2.24) is 0 Å². The SMILES string of the molecule is CCCCCCC1CCC(C=CC2CCC(c3ccc(C#N)cc3)CC2)CC1. The maximum Gasteiger partial charge on any atom is 0.0991 e. The van der Waals surface area contributed by atoms with Crippen molar-refractivity contribution in [3.63, 3.8) is 0 Å². The van der Waals surface area contributed by atoms with Crippen LogP contribution in [0.4, 0.5) is 0 Å². The number of hydrogen-bond acceptors (Lipinski definition) is 1. The highest BCUT2D eigenvalue weighted by atomic mass is 14.3. The number of nitriles is 1. The molecule has 1 heteroatoms. The Balaban J connectivity index is 1.34. The Hall–Kier alpha value is -1.55. The van der Waals surface area contributed by atoms with Gasteiger partial charge in [0.15, 0.2) is 0 Å². The molecule has 0 unspecified atom stereocenters. The Morgan fingerprint density at radius 2 is 1.43 bits per heavy atom. The van der Waals surface area contributed by atoms with Crippen LogP contribution in [0.25, 0.3) is 0 Å². The van der Waals surface area contributed by atoms with E-state index in [0.717, 1.165) is 23.3 Å². The van der Waals surface area contributed by atoms with Crippen molar-refractivity contribution in [2.24, 2.45) is 17.8 Å². The lowest BCUT2D eigenvalue weighted by Crippen LogP contribution is -2.14. The first-order valence-electron chi connectivity index (χ1n) is 12.0. The van der Waals surface area contributed by atoms with E-state index in [2.05, 4.69) is 37.3 Å². The molecule has 1 aromatic carbocycles. The number of benzene rings is 1. The topological polar surface area (TPSA) is 23.8 Å². The van der Waals surface area contributed by atoms with Crippen molar-refractivity contribution in [2.75, 3.05) is 0 Å². The van der Waals surface area contributed by atoms with Crippen molar-refractivity contribution in [1.29, 1.82) is 5.26 Å². The molecule has 2 aliphatic carbocycles. The van der Waals surface area contributed by atoms with Gasteiger partial charge in [0.25, 0.3) is 0 Å². The number of hydrogen-bond donors (Lipinski definition) is 0. The third-order valence-electron chi connectivity index (χ3n) is 7.30. The molecule has 3 rings (SSSR count). The summed E-state index contributed by atoms with van der Waals surface area (Å²) < 4.78 is 0. The first-order chi connectivity index (χ1) is 13.8. The number of allylic oxidation sites excluding steroid dienone is 2. The average molecular weight is 378 g/mol. The van der Waals surface area contributed by atoms with Crippen molar-refractivity contribution < 1.29 is 0 Å². The van der Waals surface area contributed by atoms with Crippen LogP contribution in [0.1, 0.15) is 107 Å². The molecule has 2 aliphatic rings. The molecule has 0 saturated heterocycles. The van der Waals surface area contributed by atoms with E-state index >= 15 is 0 Å². The maximum absolute atomic E-state index is 8.95. The molecule has 0 atom stereocenters. The maximum atomic E-state index is 8.95. The molecular formula is C27H39N. The average Bonchev–Trinajstić information content (AvgIpc) is 2.76. The lowest BCUT2D eigenvalue weighted by Gasteiger charge is -2.29. The number of unbranched alkanes of at least 4 members (excludes halogenated alkanes) is 3. The Kier molecular flexibility index (Phi) is 8.66. The molecule has 2 fully saturated rings. The van der Waals surface area contributed by atoms with Gasteiger partial charge in [-0.2, -0.15) is 5.26 Å². The number of nitrogens with zero attached hydrogens (tertiary/aromatic N) is 1. The fraction of sp³-hybridized carbons (Fsp3) is 0.667. The summed E-state index contributed by atoms with van der Waals surface area (Å²) in [6, 6.07) is 10.5. The fourth-order valence-electron chi connectivity index (χ4n) is 5.32. The van der Waals surface area contributed by atoms with E-state index in [-0.39, 0.29) is 0 Å². The summed E-state index contributed by atoms with van der Waals surface area (Å²) in [5, 5.41) is 8.95. The monoisotopic (exact) mass is 377 g/mol. The van der Waals surface area contributed by atoms with E-state index in [1.807, 2.05) is 12.1 Å². The summed E-state index contributed by atoms with van der Waals surface area (Å²) in [6.45, 7) is 2.30. The number of rotatable bonds is 8. The highest BCUT2D eigenvalue weighted by molar-refractivity contribution is 5.33. The molecule has 0 aliphatic heterocycles. The van der Waals surface area contributed by atoms with Crippen LogP contribution in [-0.2, 0) is 0 Å². The van der Waals surface area contributed by atoms with Crippen LogP contribution in [0.2, 0.25) is 0 Å². The highest BCUT2D eigenvalue weighted by Gasteiger charge is 2.22. The van der Waals surface area contributed by atoms with E-state index in [9.17, 15) is 0 Å². The summed E-state index contributed by atoms with van der Waals surface area (Å²) in [5.41, 5.74) is 2.20. The summed E-state index contributed by atoms with van der Waals surface area (Å²) in [4.78, 5) is 0. The van der Waals surface area contributed by atoms with Crippen LogP contribution < -0.4 is 0 Å². The van der Waals surface area contributed by atoms with E-state index in [1.165, 1.54) is 89.0 Å². The Morgan fingerprint density at radius 1 is 0.821 bits per heavy atom. The van der Waals surface area contributed by atoms with Gasteiger partial charge >= 0.3 is 0 Å². The van der Waals surface area contributed by atoms with Crippen molar-refractivity contribution in [2.45, 2.75) is 96.3 Å². The van der Waals surface area contributed by atoms with Crippen LogP contribution in [0, 0.1) is 29.1 Å². The molecule has 0 bridgehead atoms. The van der Waals surface area contributed by atoms with Gasteiger partial charge in [-0.15, -0.1) is 0 Å². The largest absolute Gasteiger partial charge is 0.192 e. The van der Waals surface area contributed by atoms with Crippen molar-refractivity contribution in [3.8, 4) is 6.07 Å². The zero-order valence-electron chi connectivity index (χ0n) is 17.9. The van der Waals surface area contributed by atoms with Gasteiger partial charge in [-0.25, -0.2) is 0 Å². The van der Waals surface area contributed by atoms with Crippen LogP contribution in [0.15, 0.2) is 36.4 Å². The molecule has 0 radical (unpaired) electrons. The fourth-order valence-corrected chi connectivity index (χ4v) is 5.32. The predicted molar refractivity (Wildman–Crippen MR) is 119 cm³/mol. The van der Waals surface area contributed by atoms with Crippen LogP contribution in [0.3, 0.4) is 0 Å². The minimum absolute atomic E-state index is 0.695. The molecule has 0 aromatic heterocycles. The summed E-state index contributed by atoms with van der Waals surface area (Å²) >= 11 is 0. The summed E-state index contributed by atoms with van der Waals surface area (Å²) in [5.74, 6) is 3.36. The van der Waals surface area contributed by atoms with Crippen molar-refractivity contribution >= 4 is 0 Å². The van der Waals surface area contributed by atoms with E-state index in [4.69, 9.17) is 5.26 Å². The van der Waals surface area contributed by atoms with Crippen molar-refractivity contribution in [3.05, 3.63) is 47.5 Å². The van der Waals surface area contributed by atoms with Gasteiger partial charge in [0.2, 0.25) is 0 Å². The molecule has 0 spiro atoms. The van der Waals surface area contributed by atoms with Gasteiger partial charge in [-0.3, -0.25) is 0 Å². The molecule has 1 nitrogen and oxygen atoms in total. The molecule has 2 saturated carbocycles. The van der Waals surface area contributed by atoms with Gasteiger partial charge < -0.3 is 0 Å². The smallest absolute Gasteiger partial charge is 0.0991 e. The molecule has 152 valence electrons. The summed E-state index contributed by atoms with van der Waals surface area (Å²) in [7, 11) is 0. The third kappa shape index (κ3) is 6.51. The lowest BCUT2D eigenvalue weighted by atomic mass is 9.76. The molecule has 1 aromatic rings. The second-order valence-electron chi connectivity index (χ2n) is 9.36. The normalized spacial score (nSPS) is 28.3. The third-order valence-corrected chi connectivity index (χ3v) is 7.30. The second-order valence-corrected chi connectivity index (χ2v) is 9.36. The molecular weight excluding hydrogens is 338 g/mol. The van der Waals surface area contributed by atoms with Gasteiger partial charge in [0.05, 0.1) is 11.6 Å². The van der Waals surface area contributed by atoms with E-state index in [1.54, 1.807) is 0 Å². The molecule has 28 heavy (non-hydrogen) atoms. The molecule has 0 heterocycles. The van der Waals surface area contributed by atoms with Gasteiger partial charge in [-0.1, -0.05) is 63.3 Å². The standard InChI is InChI=1S/C27H39N/c1-2-3-4-5-6-22-7-9-23(10-8-22)11-12-24-13-17-26(18-14-24)27-19-15-25(21-28)16-20-27/h11-12,15-16,19-20,22-24,26H,2-10,13-14,17-18H2,1H3. The van der Waals surface area contributed by atoms with Gasteiger partial charge in [-0.05, 0) is 92.7 Å². The lowest BCUT2D eigenvalue weighted by molar-refractivity contribution is 0.287. The Morgan fingerprint density at radius 3 is 2.00 bits per heavy atom. The molecule has 0 N–H and O–H groups in total. The van der Waals surface area contributed by atoms with E-state index in [0.29, 0.717) is 5.92 Å². The van der Waals surface area contributed by atoms with Gasteiger partial charge in [0.1, 0.15) is 0 Å². The van der Waals surface area contributed by atoms with E-state index < -0.39 is 0 Å². The predicted octanol–water partition coefficient (Wildman–Crippen LogP) is 8.17. The first kappa shape index (κ1) is 21.2. The van der Waals surface area contributed by atoms with Crippen LogP contribution in [-0.4, -0.2) is 0 Å². The minimum atomic E-state index is 0.695. The highest BCUT2D eigenvalue weighted by Crippen LogP contribution is 2.38. The van der Waals surface area contributed by atoms with Gasteiger partial charge in [0, 0.05) is 0 Å². The summed E-state index contributed by atoms with van der Waals surface area (Å²) in [6.07, 6.45) is 23.3. The Bertz CT molecular complexity index is 619. The quantitative estimate of drug-likeness (QED) is 0.331.